The Bertz CT molecular complexity index is 1260. The Labute approximate surface area is 196 Å². The standard InChI is InChI=1S/C22H23F2IN4O3/c1-22(2,3)32-21(31)29-7-6-16(14(24)10-29)27-19-12-5-4-11(23)8-13(12)17-18(28-19)15(25)9-26-20(17)30/h4-5,8-9,14,16H,6-7,10H2,1-3H3,(H,26,30)(H,27,28)/t14-,16-/m0/s1. The number of carbonyl (C=O) groups excluding carboxylic acids is 1. The normalized spacial score (nSPS) is 19.4. The number of amides is 1. The lowest BCUT2D eigenvalue weighted by Crippen LogP contribution is -2.51. The van der Waals surface area contributed by atoms with Crippen molar-refractivity contribution in [1.29, 1.82) is 0 Å². The highest BCUT2D eigenvalue weighted by atomic mass is 127. The fourth-order valence-electron chi connectivity index (χ4n) is 3.80. The molecule has 3 aromatic rings. The SMILES string of the molecule is CC(C)(C)OC(=O)N1CC[C@H](Nc2nc3c(I)c[nH]c(=O)c3c3cc(F)ccc23)[C@@H](F)C1. The van der Waals surface area contributed by atoms with Gasteiger partial charge in [0, 0.05) is 23.5 Å². The lowest BCUT2D eigenvalue weighted by atomic mass is 10.0. The number of nitrogens with zero attached hydrogens (tertiary/aromatic N) is 2. The van der Waals surface area contributed by atoms with E-state index in [0.29, 0.717) is 38.6 Å². The van der Waals surface area contributed by atoms with Crippen LogP contribution in [0.5, 0.6) is 0 Å². The number of alkyl halides is 1. The number of piperidine rings is 1. The summed E-state index contributed by atoms with van der Waals surface area (Å²) in [5.74, 6) is -0.113. The van der Waals surface area contributed by atoms with Gasteiger partial charge in [-0.3, -0.25) is 4.79 Å². The molecule has 1 fully saturated rings. The first-order valence-electron chi connectivity index (χ1n) is 10.2. The molecule has 2 aromatic heterocycles. The van der Waals surface area contributed by atoms with Crippen LogP contribution in [0.1, 0.15) is 27.2 Å². The van der Waals surface area contributed by atoms with Crippen LogP contribution in [0.4, 0.5) is 19.4 Å². The molecule has 3 heterocycles. The minimum Gasteiger partial charge on any atom is -0.444 e. The van der Waals surface area contributed by atoms with Crippen molar-refractivity contribution in [3.63, 3.8) is 0 Å². The summed E-state index contributed by atoms with van der Waals surface area (Å²) in [4.78, 5) is 33.3. The first-order valence-corrected chi connectivity index (χ1v) is 11.3. The number of likely N-dealkylation sites (tertiary alicyclic amines) is 1. The van der Waals surface area contributed by atoms with Crippen LogP contribution in [0.15, 0.2) is 29.2 Å². The summed E-state index contributed by atoms with van der Waals surface area (Å²) in [5, 5.41) is 4.35. The number of ether oxygens (including phenoxy) is 1. The summed E-state index contributed by atoms with van der Waals surface area (Å²) in [6.45, 7) is 5.50. The summed E-state index contributed by atoms with van der Waals surface area (Å²) in [5.41, 5.74) is -0.614. The minimum atomic E-state index is -1.36. The van der Waals surface area contributed by atoms with Gasteiger partial charge >= 0.3 is 6.09 Å². The highest BCUT2D eigenvalue weighted by Gasteiger charge is 2.34. The molecule has 0 bridgehead atoms. The van der Waals surface area contributed by atoms with Crippen LogP contribution in [-0.2, 0) is 4.74 Å². The van der Waals surface area contributed by atoms with Crippen molar-refractivity contribution in [1.82, 2.24) is 14.9 Å². The third-order valence-electron chi connectivity index (χ3n) is 5.26. The third-order valence-corrected chi connectivity index (χ3v) is 6.09. The van der Waals surface area contributed by atoms with Crippen LogP contribution in [0, 0.1) is 9.39 Å². The van der Waals surface area contributed by atoms with Gasteiger partial charge in [-0.1, -0.05) is 0 Å². The zero-order valence-electron chi connectivity index (χ0n) is 17.8. The second kappa shape index (κ2) is 8.45. The molecule has 1 saturated heterocycles. The van der Waals surface area contributed by atoms with E-state index >= 15 is 4.39 Å². The summed E-state index contributed by atoms with van der Waals surface area (Å²) >= 11 is 2.04. The molecule has 0 saturated carbocycles. The van der Waals surface area contributed by atoms with Crippen molar-refractivity contribution >= 4 is 56.2 Å². The molecule has 1 aliphatic rings. The average molecular weight is 556 g/mol. The highest BCUT2D eigenvalue weighted by molar-refractivity contribution is 14.1. The number of halogens is 3. The second-order valence-corrected chi connectivity index (χ2v) is 9.98. The van der Waals surface area contributed by atoms with Gasteiger partial charge in [-0.05, 0) is 68.0 Å². The average Bonchev–Trinajstić information content (AvgIpc) is 2.70. The van der Waals surface area contributed by atoms with Gasteiger partial charge in [-0.25, -0.2) is 18.6 Å². The first kappa shape index (κ1) is 22.7. The van der Waals surface area contributed by atoms with Crippen molar-refractivity contribution in [2.45, 2.75) is 45.0 Å². The maximum absolute atomic E-state index is 15.0. The van der Waals surface area contributed by atoms with Crippen LogP contribution >= 0.6 is 22.6 Å². The van der Waals surface area contributed by atoms with Gasteiger partial charge in [0.25, 0.3) is 5.56 Å². The number of carbonyl (C=O) groups is 1. The van der Waals surface area contributed by atoms with Crippen LogP contribution in [-0.4, -0.2) is 51.9 Å². The van der Waals surface area contributed by atoms with E-state index in [-0.39, 0.29) is 17.5 Å². The van der Waals surface area contributed by atoms with E-state index in [2.05, 4.69) is 15.3 Å². The number of aromatic amines is 1. The van der Waals surface area contributed by atoms with Crippen LogP contribution in [0.25, 0.3) is 21.7 Å². The van der Waals surface area contributed by atoms with E-state index < -0.39 is 29.7 Å². The molecule has 2 N–H and O–H groups in total. The molecule has 0 radical (unpaired) electrons. The number of fused-ring (bicyclic) bond motifs is 3. The van der Waals surface area contributed by atoms with Gasteiger partial charge in [-0.2, -0.15) is 0 Å². The molecule has 7 nitrogen and oxygen atoms in total. The molecular formula is C22H23F2IN4O3. The Hall–Kier alpha value is -2.50. The maximum atomic E-state index is 15.0. The fraction of sp³-hybridized carbons (Fsp3) is 0.409. The molecule has 0 unspecified atom stereocenters. The van der Waals surface area contributed by atoms with Gasteiger partial charge < -0.3 is 19.9 Å². The Kier molecular flexibility index (Phi) is 5.99. The lowest BCUT2D eigenvalue weighted by molar-refractivity contribution is 0.0125. The number of anilines is 1. The number of pyridine rings is 2. The first-order chi connectivity index (χ1) is 15.0. The topological polar surface area (TPSA) is 87.3 Å². The monoisotopic (exact) mass is 556 g/mol. The zero-order chi connectivity index (χ0) is 23.2. The predicted molar refractivity (Wildman–Crippen MR) is 127 cm³/mol. The van der Waals surface area contributed by atoms with Gasteiger partial charge in [0.1, 0.15) is 23.4 Å². The van der Waals surface area contributed by atoms with Gasteiger partial charge in [-0.15, -0.1) is 0 Å². The molecule has 0 spiro atoms. The maximum Gasteiger partial charge on any atom is 0.410 e. The minimum absolute atomic E-state index is 0.107. The van der Waals surface area contributed by atoms with Crippen molar-refractivity contribution < 1.29 is 18.3 Å². The van der Waals surface area contributed by atoms with E-state index in [9.17, 15) is 14.0 Å². The summed E-state index contributed by atoms with van der Waals surface area (Å²) in [7, 11) is 0. The van der Waals surface area contributed by atoms with E-state index in [1.54, 1.807) is 20.8 Å². The fourth-order valence-corrected chi connectivity index (χ4v) is 4.35. The largest absolute Gasteiger partial charge is 0.444 e. The molecule has 0 aliphatic carbocycles. The number of H-pyrrole nitrogens is 1. The molecule has 170 valence electrons. The Morgan fingerprint density at radius 2 is 2.09 bits per heavy atom. The Balaban J connectivity index is 1.66. The van der Waals surface area contributed by atoms with E-state index in [0.717, 1.165) is 0 Å². The Morgan fingerprint density at radius 1 is 1.34 bits per heavy atom. The predicted octanol–water partition coefficient (Wildman–Crippen LogP) is 4.58. The third kappa shape index (κ3) is 4.50. The van der Waals surface area contributed by atoms with E-state index in [1.807, 2.05) is 22.6 Å². The van der Waals surface area contributed by atoms with Crippen molar-refractivity contribution in [2.75, 3.05) is 18.4 Å². The lowest BCUT2D eigenvalue weighted by Gasteiger charge is -2.36. The van der Waals surface area contributed by atoms with E-state index in [1.165, 1.54) is 29.3 Å². The van der Waals surface area contributed by atoms with Crippen molar-refractivity contribution in [3.05, 3.63) is 44.1 Å². The molecule has 2 atom stereocenters. The van der Waals surface area contributed by atoms with Gasteiger partial charge in [0.15, 0.2) is 0 Å². The number of aromatic nitrogens is 2. The zero-order valence-corrected chi connectivity index (χ0v) is 20.0. The number of benzene rings is 1. The molecule has 1 aromatic carbocycles. The Morgan fingerprint density at radius 3 is 2.78 bits per heavy atom. The second-order valence-electron chi connectivity index (χ2n) is 8.82. The van der Waals surface area contributed by atoms with E-state index in [4.69, 9.17) is 4.74 Å². The summed E-state index contributed by atoms with van der Waals surface area (Å²) in [6.07, 6.45) is -0.0284. The molecule has 32 heavy (non-hydrogen) atoms. The molecule has 10 heteroatoms. The van der Waals surface area contributed by atoms with Gasteiger partial charge in [0.05, 0.1) is 27.1 Å². The van der Waals surface area contributed by atoms with Crippen molar-refractivity contribution in [3.8, 4) is 0 Å². The quantitative estimate of drug-likeness (QED) is 0.357. The molecule has 1 aliphatic heterocycles. The van der Waals surface area contributed by atoms with Crippen LogP contribution in [0.2, 0.25) is 0 Å². The highest BCUT2D eigenvalue weighted by Crippen LogP contribution is 2.31. The van der Waals surface area contributed by atoms with Crippen LogP contribution < -0.4 is 10.9 Å². The smallest absolute Gasteiger partial charge is 0.410 e. The molecule has 4 rings (SSSR count). The van der Waals surface area contributed by atoms with Crippen LogP contribution in [0.3, 0.4) is 0 Å². The summed E-state index contributed by atoms with van der Waals surface area (Å²) < 4.78 is 35.1. The number of hydrogen-bond donors (Lipinski definition) is 2. The summed E-state index contributed by atoms with van der Waals surface area (Å²) in [6, 6.07) is 3.49. The van der Waals surface area contributed by atoms with Gasteiger partial charge in [0.2, 0.25) is 0 Å². The molecular weight excluding hydrogens is 533 g/mol. The number of hydrogen-bond acceptors (Lipinski definition) is 5. The van der Waals surface area contributed by atoms with Crippen molar-refractivity contribution in [2.24, 2.45) is 0 Å². The number of rotatable bonds is 2. The number of nitrogens with one attached hydrogen (secondary N) is 2. The molecule has 1 amide bonds.